The van der Waals surface area contributed by atoms with Crippen LogP contribution in [0.5, 0.6) is 5.75 Å². The van der Waals surface area contributed by atoms with Crippen LogP contribution in [0.3, 0.4) is 0 Å². The number of hydrogen-bond donors (Lipinski definition) is 2. The molecule has 0 amide bonds. The summed E-state index contributed by atoms with van der Waals surface area (Å²) in [5.74, 6) is -0.754. The highest BCUT2D eigenvalue weighted by Crippen LogP contribution is 2.30. The van der Waals surface area contributed by atoms with Gasteiger partial charge < -0.3 is 20.0 Å². The van der Waals surface area contributed by atoms with E-state index in [1.54, 1.807) is 0 Å². The van der Waals surface area contributed by atoms with Crippen molar-refractivity contribution in [1.29, 1.82) is 0 Å². The van der Waals surface area contributed by atoms with Crippen molar-refractivity contribution in [3.8, 4) is 17.3 Å². The van der Waals surface area contributed by atoms with Crippen LogP contribution in [0.4, 0.5) is 18.9 Å². The molecular weight excluding hydrogens is 489 g/mol. The van der Waals surface area contributed by atoms with Gasteiger partial charge in [0.15, 0.2) is 5.69 Å². The molecule has 1 atom stereocenters. The van der Waals surface area contributed by atoms with Crippen LogP contribution < -0.4 is 10.5 Å². The summed E-state index contributed by atoms with van der Waals surface area (Å²) in [6.07, 6.45) is -4.74. The average molecular weight is 506 g/mol. The van der Waals surface area contributed by atoms with Crippen LogP contribution in [0.15, 0.2) is 81.1 Å². The van der Waals surface area contributed by atoms with Crippen LogP contribution in [0.2, 0.25) is 0 Å². The van der Waals surface area contributed by atoms with E-state index in [2.05, 4.69) is 19.9 Å². The summed E-state index contributed by atoms with van der Waals surface area (Å²) < 4.78 is 71.9. The number of aliphatic hydroxyl groups is 1. The van der Waals surface area contributed by atoms with E-state index in [9.17, 15) is 26.7 Å². The minimum atomic E-state index is -4.90. The Hall–Kier alpha value is -3.97. The van der Waals surface area contributed by atoms with Crippen LogP contribution in [0.1, 0.15) is 17.6 Å². The Morgan fingerprint density at radius 3 is 2.34 bits per heavy atom. The summed E-state index contributed by atoms with van der Waals surface area (Å²) in [6, 6.07) is 14.0. The number of ether oxygens (including phenoxy) is 1. The highest BCUT2D eigenvalue weighted by atomic mass is 32.2. The molecule has 1 unspecified atom stereocenters. The van der Waals surface area contributed by atoms with Gasteiger partial charge in [0, 0.05) is 12.6 Å². The first-order valence-corrected chi connectivity index (χ1v) is 11.4. The molecule has 0 aliphatic rings. The van der Waals surface area contributed by atoms with Gasteiger partial charge in [-0.3, -0.25) is 0 Å². The third-order valence-corrected chi connectivity index (χ3v) is 6.51. The average Bonchev–Trinajstić information content (AvgIpc) is 3.29. The molecule has 35 heavy (non-hydrogen) atoms. The lowest BCUT2D eigenvalue weighted by molar-refractivity contribution is -0.274. The molecule has 2 heterocycles. The first-order chi connectivity index (χ1) is 16.5. The molecule has 4 aromatic rings. The fourth-order valence-electron chi connectivity index (χ4n) is 3.13. The van der Waals surface area contributed by atoms with Crippen molar-refractivity contribution >= 4 is 15.5 Å². The highest BCUT2D eigenvalue weighted by Gasteiger charge is 2.31. The molecule has 3 N–H and O–H groups in total. The third kappa shape index (κ3) is 5.58. The van der Waals surface area contributed by atoms with E-state index in [4.69, 9.17) is 10.2 Å². The molecule has 2 aromatic carbocycles. The van der Waals surface area contributed by atoms with Crippen molar-refractivity contribution < 1.29 is 35.8 Å². The Kier molecular flexibility index (Phi) is 6.45. The quantitative estimate of drug-likeness (QED) is 0.383. The zero-order valence-corrected chi connectivity index (χ0v) is 18.5. The number of rotatable bonds is 7. The van der Waals surface area contributed by atoms with Crippen LogP contribution in [0, 0.1) is 0 Å². The highest BCUT2D eigenvalue weighted by molar-refractivity contribution is 7.91. The SMILES string of the molecule is Nc1cc(S(=O)(=O)c2ccc(OC(F)(F)F)cc2)cnc1-c1nnc(C(O)Cc2ccccc2)o1. The van der Waals surface area contributed by atoms with E-state index >= 15 is 0 Å². The monoisotopic (exact) mass is 506 g/mol. The van der Waals surface area contributed by atoms with Gasteiger partial charge in [-0.1, -0.05) is 30.3 Å². The first-order valence-electron chi connectivity index (χ1n) is 9.95. The minimum Gasteiger partial charge on any atom is -0.416 e. The number of sulfone groups is 1. The van der Waals surface area contributed by atoms with Crippen LogP contribution in [0.25, 0.3) is 11.6 Å². The van der Waals surface area contributed by atoms with Crippen molar-refractivity contribution in [3.63, 3.8) is 0 Å². The van der Waals surface area contributed by atoms with Crippen molar-refractivity contribution in [2.45, 2.75) is 28.7 Å². The largest absolute Gasteiger partial charge is 0.573 e. The van der Waals surface area contributed by atoms with E-state index in [-0.39, 0.29) is 39.4 Å². The van der Waals surface area contributed by atoms with Crippen molar-refractivity contribution in [1.82, 2.24) is 15.2 Å². The predicted molar refractivity (Wildman–Crippen MR) is 116 cm³/mol. The third-order valence-electron chi connectivity index (χ3n) is 4.77. The summed E-state index contributed by atoms with van der Waals surface area (Å²) in [4.78, 5) is 3.42. The maximum Gasteiger partial charge on any atom is 0.573 e. The Bertz CT molecular complexity index is 1430. The number of halogens is 3. The fourth-order valence-corrected chi connectivity index (χ4v) is 4.37. The second-order valence-corrected chi connectivity index (χ2v) is 9.23. The summed E-state index contributed by atoms with van der Waals surface area (Å²) in [5.41, 5.74) is 6.72. The number of nitrogens with two attached hydrogens (primary N) is 1. The van der Waals surface area contributed by atoms with Gasteiger partial charge in [-0.2, -0.15) is 0 Å². The maximum absolute atomic E-state index is 12.9. The van der Waals surface area contributed by atoms with Crippen LogP contribution >= 0.6 is 0 Å². The molecule has 2 aromatic heterocycles. The summed E-state index contributed by atoms with van der Waals surface area (Å²) in [5, 5.41) is 18.0. The fraction of sp³-hybridized carbons (Fsp3) is 0.136. The standard InChI is InChI=1S/C22H17F3N4O5S/c23-22(24,25)34-14-6-8-15(9-7-14)35(31,32)16-11-17(26)19(27-12-16)21-29-28-20(33-21)18(30)10-13-4-2-1-3-5-13/h1-9,11-12,18,30H,10,26H2. The molecule has 13 heteroatoms. The van der Waals surface area contributed by atoms with Gasteiger partial charge in [0.1, 0.15) is 11.9 Å². The molecule has 4 rings (SSSR count). The van der Waals surface area contributed by atoms with Crippen LogP contribution in [-0.2, 0) is 16.3 Å². The zero-order chi connectivity index (χ0) is 25.2. The summed E-state index contributed by atoms with van der Waals surface area (Å²) in [7, 11) is -4.15. The van der Waals surface area contributed by atoms with Crippen molar-refractivity contribution in [2.75, 3.05) is 5.73 Å². The van der Waals surface area contributed by atoms with Gasteiger partial charge in [-0.25, -0.2) is 13.4 Å². The lowest BCUT2D eigenvalue weighted by Gasteiger charge is -2.10. The van der Waals surface area contributed by atoms with Gasteiger partial charge in [0.05, 0.1) is 15.5 Å². The van der Waals surface area contributed by atoms with Crippen molar-refractivity contribution in [2.24, 2.45) is 0 Å². The molecule has 0 bridgehead atoms. The van der Waals surface area contributed by atoms with Gasteiger partial charge >= 0.3 is 6.36 Å². The topological polar surface area (TPSA) is 141 Å². The van der Waals surface area contributed by atoms with E-state index < -0.39 is 28.1 Å². The molecule has 9 nitrogen and oxygen atoms in total. The van der Waals surface area contributed by atoms with Gasteiger partial charge in [-0.05, 0) is 35.9 Å². The number of nitrogens with zero attached hydrogens (tertiary/aromatic N) is 3. The number of alkyl halides is 3. The summed E-state index contributed by atoms with van der Waals surface area (Å²) >= 11 is 0. The molecule has 0 fully saturated rings. The smallest absolute Gasteiger partial charge is 0.416 e. The second kappa shape index (κ2) is 9.35. The zero-order valence-electron chi connectivity index (χ0n) is 17.7. The molecule has 0 radical (unpaired) electrons. The Morgan fingerprint density at radius 1 is 1.03 bits per heavy atom. The predicted octanol–water partition coefficient (Wildman–Crippen LogP) is 3.72. The Balaban J connectivity index is 1.54. The Morgan fingerprint density at radius 2 is 1.71 bits per heavy atom. The second-order valence-electron chi connectivity index (χ2n) is 7.28. The van der Waals surface area contributed by atoms with E-state index in [1.807, 2.05) is 30.3 Å². The van der Waals surface area contributed by atoms with E-state index in [0.717, 1.165) is 42.1 Å². The lowest BCUT2D eigenvalue weighted by Crippen LogP contribution is -2.17. The molecule has 0 aliphatic carbocycles. The number of pyridine rings is 1. The van der Waals surface area contributed by atoms with Gasteiger partial charge in [0.2, 0.25) is 15.7 Å². The molecule has 0 spiro atoms. The molecule has 0 saturated carbocycles. The number of aromatic nitrogens is 3. The van der Waals surface area contributed by atoms with Gasteiger partial charge in [0.25, 0.3) is 5.89 Å². The van der Waals surface area contributed by atoms with E-state index in [1.165, 1.54) is 0 Å². The van der Waals surface area contributed by atoms with Gasteiger partial charge in [-0.15, -0.1) is 23.4 Å². The minimum absolute atomic E-state index is 0.00327. The van der Waals surface area contributed by atoms with Crippen molar-refractivity contribution in [3.05, 3.63) is 78.3 Å². The maximum atomic E-state index is 12.9. The number of hydrogen-bond acceptors (Lipinski definition) is 9. The number of anilines is 1. The number of nitrogen functional groups attached to an aromatic ring is 1. The number of benzene rings is 2. The molecular formula is C22H17F3N4O5S. The van der Waals surface area contributed by atoms with Crippen LogP contribution in [-0.4, -0.2) is 35.1 Å². The molecule has 0 aliphatic heterocycles. The Labute approximate surface area is 196 Å². The molecule has 0 saturated heterocycles. The van der Waals surface area contributed by atoms with E-state index in [0.29, 0.717) is 0 Å². The first kappa shape index (κ1) is 24.2. The summed E-state index contributed by atoms with van der Waals surface area (Å²) in [6.45, 7) is 0. The lowest BCUT2D eigenvalue weighted by atomic mass is 10.1. The molecule has 182 valence electrons. The number of aliphatic hydroxyl groups excluding tert-OH is 1. The normalized spacial score (nSPS) is 12.9.